The summed E-state index contributed by atoms with van der Waals surface area (Å²) in [4.78, 5) is 11.7. The predicted molar refractivity (Wildman–Crippen MR) is 64.9 cm³/mol. The zero-order chi connectivity index (χ0) is 11.5. The molecule has 1 fully saturated rings. The van der Waals surface area contributed by atoms with Gasteiger partial charge in [-0.3, -0.25) is 0 Å². The molecule has 1 aromatic rings. The maximum atomic E-state index is 5.71. The lowest BCUT2D eigenvalue weighted by atomic mass is 9.87. The number of hydrogen-bond donors (Lipinski definition) is 1. The van der Waals surface area contributed by atoms with Crippen LogP contribution in [0.15, 0.2) is 0 Å². The first-order valence-electron chi connectivity index (χ1n) is 5.47. The van der Waals surface area contributed by atoms with Crippen LogP contribution in [0.4, 0.5) is 5.95 Å². The molecule has 1 aliphatic carbocycles. The van der Waals surface area contributed by atoms with Crippen LogP contribution in [0.25, 0.3) is 0 Å². The minimum Gasteiger partial charge on any atom is -0.351 e. The van der Waals surface area contributed by atoms with Gasteiger partial charge >= 0.3 is 0 Å². The number of nitrogens with zero attached hydrogens (tertiary/aromatic N) is 3. The zero-order valence-corrected chi connectivity index (χ0v) is 10.6. The predicted octanol–water partition coefficient (Wildman–Crippen LogP) is 3.17. The first-order chi connectivity index (χ1) is 7.63. The van der Waals surface area contributed by atoms with Crippen molar-refractivity contribution in [2.24, 2.45) is 5.92 Å². The fourth-order valence-electron chi connectivity index (χ4n) is 2.14. The van der Waals surface area contributed by atoms with Gasteiger partial charge in [-0.2, -0.15) is 15.0 Å². The molecule has 1 saturated carbocycles. The molecule has 0 spiro atoms. The van der Waals surface area contributed by atoms with Crippen molar-refractivity contribution in [1.29, 1.82) is 0 Å². The van der Waals surface area contributed by atoms with Crippen LogP contribution in [0.5, 0.6) is 0 Å². The van der Waals surface area contributed by atoms with Gasteiger partial charge in [-0.15, -0.1) is 0 Å². The minimum atomic E-state index is 0.131. The van der Waals surface area contributed by atoms with E-state index in [1.165, 1.54) is 12.8 Å². The fraction of sp³-hybridized carbons (Fsp3) is 0.700. The van der Waals surface area contributed by atoms with Crippen molar-refractivity contribution >= 4 is 29.2 Å². The van der Waals surface area contributed by atoms with Crippen LogP contribution in [-0.4, -0.2) is 21.0 Å². The molecule has 2 atom stereocenters. The van der Waals surface area contributed by atoms with E-state index in [2.05, 4.69) is 27.2 Å². The van der Waals surface area contributed by atoms with Crippen molar-refractivity contribution in [2.45, 2.75) is 38.6 Å². The second kappa shape index (κ2) is 5.15. The highest BCUT2D eigenvalue weighted by atomic mass is 35.5. The molecule has 0 amide bonds. The summed E-state index contributed by atoms with van der Waals surface area (Å²) in [5.74, 6) is 1.23. The average Bonchev–Trinajstić information content (AvgIpc) is 2.15. The lowest BCUT2D eigenvalue weighted by Crippen LogP contribution is -2.27. The van der Waals surface area contributed by atoms with E-state index >= 15 is 0 Å². The number of nitrogens with one attached hydrogen (secondary N) is 1. The summed E-state index contributed by atoms with van der Waals surface area (Å²) in [6.45, 7) is 2.27. The Kier molecular flexibility index (Phi) is 3.82. The van der Waals surface area contributed by atoms with Gasteiger partial charge in [0.1, 0.15) is 0 Å². The van der Waals surface area contributed by atoms with Crippen LogP contribution in [0.2, 0.25) is 10.6 Å². The molecule has 0 aliphatic heterocycles. The molecule has 1 aliphatic rings. The largest absolute Gasteiger partial charge is 0.351 e. The third kappa shape index (κ3) is 3.19. The Morgan fingerprint density at radius 1 is 1.12 bits per heavy atom. The molecule has 1 aromatic heterocycles. The molecule has 16 heavy (non-hydrogen) atoms. The Morgan fingerprint density at radius 2 is 1.81 bits per heavy atom. The van der Waals surface area contributed by atoms with E-state index < -0.39 is 0 Å². The second-order valence-corrected chi connectivity index (χ2v) is 4.99. The van der Waals surface area contributed by atoms with E-state index in [1.807, 2.05) is 0 Å². The Bertz CT molecular complexity index is 352. The van der Waals surface area contributed by atoms with E-state index in [9.17, 15) is 0 Å². The Morgan fingerprint density at radius 3 is 2.44 bits per heavy atom. The average molecular weight is 261 g/mol. The third-order valence-corrected chi connectivity index (χ3v) is 3.19. The van der Waals surface area contributed by atoms with Crippen LogP contribution in [-0.2, 0) is 0 Å². The van der Waals surface area contributed by atoms with Gasteiger partial charge in [-0.25, -0.2) is 0 Å². The molecule has 1 heterocycles. The smallest absolute Gasteiger partial charge is 0.228 e. The Hall–Kier alpha value is -0.610. The normalized spacial score (nSPS) is 25.4. The van der Waals surface area contributed by atoms with Crippen molar-refractivity contribution in [1.82, 2.24) is 15.0 Å². The molecule has 4 nitrogen and oxygen atoms in total. The first kappa shape index (κ1) is 11.9. The topological polar surface area (TPSA) is 50.7 Å². The highest BCUT2D eigenvalue weighted by Crippen LogP contribution is 2.25. The van der Waals surface area contributed by atoms with E-state index in [0.29, 0.717) is 12.0 Å². The Balaban J connectivity index is 2.02. The van der Waals surface area contributed by atoms with Gasteiger partial charge in [0.2, 0.25) is 16.5 Å². The first-order valence-corrected chi connectivity index (χ1v) is 6.22. The summed E-state index contributed by atoms with van der Waals surface area (Å²) in [6.07, 6.45) is 4.83. The number of halogens is 2. The van der Waals surface area contributed by atoms with Gasteiger partial charge < -0.3 is 5.32 Å². The highest BCUT2D eigenvalue weighted by molar-refractivity contribution is 6.31. The van der Waals surface area contributed by atoms with Crippen molar-refractivity contribution in [3.05, 3.63) is 10.6 Å². The molecule has 6 heteroatoms. The van der Waals surface area contributed by atoms with Gasteiger partial charge in [-0.05, 0) is 42.0 Å². The third-order valence-electron chi connectivity index (χ3n) is 2.85. The molecule has 0 aromatic carbocycles. The van der Waals surface area contributed by atoms with E-state index in [4.69, 9.17) is 23.2 Å². The van der Waals surface area contributed by atoms with Crippen LogP contribution in [0, 0.1) is 5.92 Å². The van der Waals surface area contributed by atoms with Crippen molar-refractivity contribution in [2.75, 3.05) is 5.32 Å². The molecule has 0 bridgehead atoms. The monoisotopic (exact) mass is 260 g/mol. The van der Waals surface area contributed by atoms with Gasteiger partial charge in [-0.1, -0.05) is 19.8 Å². The fourth-order valence-corrected chi connectivity index (χ4v) is 2.50. The summed E-state index contributed by atoms with van der Waals surface area (Å²) in [5.41, 5.74) is 0. The summed E-state index contributed by atoms with van der Waals surface area (Å²) >= 11 is 11.4. The molecule has 0 saturated heterocycles. The lowest BCUT2D eigenvalue weighted by molar-refractivity contribution is 0.357. The second-order valence-electron chi connectivity index (χ2n) is 4.31. The van der Waals surface area contributed by atoms with Gasteiger partial charge in [0.15, 0.2) is 0 Å². The van der Waals surface area contributed by atoms with Gasteiger partial charge in [0.25, 0.3) is 0 Å². The summed E-state index contributed by atoms with van der Waals surface area (Å²) in [7, 11) is 0. The lowest BCUT2D eigenvalue weighted by Gasteiger charge is -2.27. The van der Waals surface area contributed by atoms with E-state index in [-0.39, 0.29) is 10.6 Å². The van der Waals surface area contributed by atoms with Crippen LogP contribution in [0.3, 0.4) is 0 Å². The SMILES string of the molecule is CC1CCCC(Nc2nc(Cl)nc(Cl)n2)C1. The Labute approximate surface area is 105 Å². The number of aromatic nitrogens is 3. The minimum absolute atomic E-state index is 0.131. The standard InChI is InChI=1S/C10H14Cl2N4/c1-6-3-2-4-7(5-6)13-10-15-8(11)14-9(12)16-10/h6-7H,2-5H2,1H3,(H,13,14,15,16). The number of anilines is 1. The zero-order valence-electron chi connectivity index (χ0n) is 9.08. The van der Waals surface area contributed by atoms with Crippen LogP contribution < -0.4 is 5.32 Å². The highest BCUT2D eigenvalue weighted by Gasteiger charge is 2.19. The summed E-state index contributed by atoms with van der Waals surface area (Å²) in [5, 5.41) is 3.52. The molecule has 2 rings (SSSR count). The quantitative estimate of drug-likeness (QED) is 0.888. The molecule has 2 unspecified atom stereocenters. The molecule has 0 radical (unpaired) electrons. The summed E-state index contributed by atoms with van der Waals surface area (Å²) < 4.78 is 0. The van der Waals surface area contributed by atoms with Crippen LogP contribution >= 0.6 is 23.2 Å². The molecule has 88 valence electrons. The van der Waals surface area contributed by atoms with Gasteiger partial charge in [0, 0.05) is 6.04 Å². The van der Waals surface area contributed by atoms with Crippen molar-refractivity contribution in [3.8, 4) is 0 Å². The molecular weight excluding hydrogens is 247 g/mol. The van der Waals surface area contributed by atoms with Crippen molar-refractivity contribution < 1.29 is 0 Å². The molecular formula is C10H14Cl2N4. The van der Waals surface area contributed by atoms with Crippen molar-refractivity contribution in [3.63, 3.8) is 0 Å². The van der Waals surface area contributed by atoms with E-state index in [1.54, 1.807) is 0 Å². The van der Waals surface area contributed by atoms with Gasteiger partial charge in [0.05, 0.1) is 0 Å². The number of rotatable bonds is 2. The summed E-state index contributed by atoms with van der Waals surface area (Å²) in [6, 6.07) is 0.415. The number of hydrogen-bond acceptors (Lipinski definition) is 4. The maximum absolute atomic E-state index is 5.71. The maximum Gasteiger partial charge on any atom is 0.228 e. The molecule has 1 N–H and O–H groups in total. The van der Waals surface area contributed by atoms with E-state index in [0.717, 1.165) is 18.8 Å². The van der Waals surface area contributed by atoms with Crippen LogP contribution in [0.1, 0.15) is 32.6 Å².